The molecule has 0 unspecified atom stereocenters. The van der Waals surface area contributed by atoms with E-state index in [-0.39, 0.29) is 12.5 Å². The number of carbonyl (C=O) groups is 1. The van der Waals surface area contributed by atoms with Gasteiger partial charge in [0.2, 0.25) is 5.91 Å². The van der Waals surface area contributed by atoms with E-state index in [0.717, 1.165) is 16.8 Å². The van der Waals surface area contributed by atoms with Crippen LogP contribution in [0.3, 0.4) is 0 Å². The second-order valence-electron chi connectivity index (χ2n) is 3.57. The largest absolute Gasteiger partial charge is 0.351 e. The van der Waals surface area contributed by atoms with Crippen LogP contribution < -0.4 is 11.1 Å². The van der Waals surface area contributed by atoms with E-state index >= 15 is 0 Å². The van der Waals surface area contributed by atoms with Crippen LogP contribution in [-0.4, -0.2) is 25.4 Å². The number of nitrogens with zero attached hydrogens (tertiary/aromatic N) is 1. The Bertz CT molecular complexity index is 440. The maximum Gasteiger partial charge on any atom is 0.234 e. The summed E-state index contributed by atoms with van der Waals surface area (Å²) in [5.74, 6) is -0.158. The van der Waals surface area contributed by atoms with Crippen LogP contribution in [0.4, 0.5) is 0 Å². The van der Waals surface area contributed by atoms with Crippen LogP contribution in [0.2, 0.25) is 0 Å². The molecule has 3 N–H and O–H groups in total. The zero-order valence-electron chi connectivity index (χ0n) is 10.3. The van der Waals surface area contributed by atoms with Crippen LogP contribution in [0.1, 0.15) is 11.1 Å². The van der Waals surface area contributed by atoms with E-state index in [1.54, 1.807) is 11.8 Å². The lowest BCUT2D eigenvalue weighted by Crippen LogP contribution is -2.29. The maximum atomic E-state index is 11.0. The number of amides is 1. The minimum absolute atomic E-state index is 0.0130. The van der Waals surface area contributed by atoms with Crippen molar-refractivity contribution in [3.8, 4) is 0 Å². The molecule has 0 aliphatic carbocycles. The summed E-state index contributed by atoms with van der Waals surface area (Å²) in [6, 6.07) is 7.82. The molecule has 0 saturated heterocycles. The Morgan fingerprint density at radius 1 is 1.50 bits per heavy atom. The molecule has 0 aromatic heterocycles. The number of thioether (sulfide) groups is 1. The third kappa shape index (κ3) is 4.35. The van der Waals surface area contributed by atoms with Gasteiger partial charge in [0.05, 0.1) is 12.2 Å². The topological polar surface area (TPSA) is 67.5 Å². The summed E-state index contributed by atoms with van der Waals surface area (Å²) in [5.41, 5.74) is 8.09. The van der Waals surface area contributed by atoms with Gasteiger partial charge >= 0.3 is 0 Å². The molecule has 18 heavy (non-hydrogen) atoms. The van der Waals surface area contributed by atoms with Gasteiger partial charge in [-0.25, -0.2) is 0 Å². The highest BCUT2D eigenvalue weighted by Gasteiger charge is 2.01. The second kappa shape index (κ2) is 7.68. The van der Waals surface area contributed by atoms with Gasteiger partial charge in [0.1, 0.15) is 0 Å². The predicted octanol–water partition coefficient (Wildman–Crippen LogP) is 1.62. The van der Waals surface area contributed by atoms with Crippen molar-refractivity contribution >= 4 is 30.1 Å². The molecule has 0 atom stereocenters. The van der Waals surface area contributed by atoms with Gasteiger partial charge in [-0.1, -0.05) is 24.3 Å². The summed E-state index contributed by atoms with van der Waals surface area (Å²) in [7, 11) is 0. The van der Waals surface area contributed by atoms with Crippen LogP contribution in [0.5, 0.6) is 0 Å². The highest BCUT2D eigenvalue weighted by Crippen LogP contribution is 2.18. The molecule has 96 valence electrons. The van der Waals surface area contributed by atoms with Crippen molar-refractivity contribution in [3.63, 3.8) is 0 Å². The van der Waals surface area contributed by atoms with Crippen LogP contribution in [-0.2, 0) is 11.3 Å². The maximum absolute atomic E-state index is 11.0. The summed E-state index contributed by atoms with van der Waals surface area (Å²) in [5, 5.41) is 4.66. The molecule has 1 aromatic rings. The van der Waals surface area contributed by atoms with Crippen LogP contribution >= 0.6 is 11.8 Å². The van der Waals surface area contributed by atoms with Gasteiger partial charge in [-0.3, -0.25) is 9.79 Å². The van der Waals surface area contributed by atoms with Gasteiger partial charge < -0.3 is 11.1 Å². The number of carbonyl (C=O) groups excluding carboxylic acids is 1. The Morgan fingerprint density at radius 3 is 2.67 bits per heavy atom. The highest BCUT2D eigenvalue weighted by atomic mass is 32.2. The number of nitrogens with one attached hydrogen (secondary N) is 1. The Hall–Kier alpha value is -1.59. The quantitative estimate of drug-likeness (QED) is 0.766. The second-order valence-corrected chi connectivity index (χ2v) is 4.28. The van der Waals surface area contributed by atoms with Crippen molar-refractivity contribution in [1.82, 2.24) is 5.32 Å². The molecular formula is C13H17N3OS. The molecule has 0 aliphatic rings. The van der Waals surface area contributed by atoms with Crippen LogP contribution in [0.15, 0.2) is 34.7 Å². The zero-order valence-corrected chi connectivity index (χ0v) is 11.2. The van der Waals surface area contributed by atoms with E-state index in [9.17, 15) is 4.79 Å². The van der Waals surface area contributed by atoms with E-state index in [0.29, 0.717) is 6.54 Å². The van der Waals surface area contributed by atoms with Crippen molar-refractivity contribution in [2.24, 2.45) is 10.7 Å². The normalized spacial score (nSPS) is 11.1. The summed E-state index contributed by atoms with van der Waals surface area (Å²) in [6.07, 6.45) is 1.97. The molecule has 0 fully saturated rings. The lowest BCUT2D eigenvalue weighted by atomic mass is 10.1. The summed E-state index contributed by atoms with van der Waals surface area (Å²) < 4.78 is 0. The highest BCUT2D eigenvalue weighted by molar-refractivity contribution is 8.01. The molecule has 0 heterocycles. The number of benzene rings is 1. The SMILES string of the molecule is C=N/C(=C\SC)c1ccc(CNC(=O)CN)cc1. The minimum atomic E-state index is -0.158. The predicted molar refractivity (Wildman–Crippen MR) is 78.4 cm³/mol. The van der Waals surface area contributed by atoms with Gasteiger partial charge in [0, 0.05) is 12.1 Å². The van der Waals surface area contributed by atoms with Crippen LogP contribution in [0, 0.1) is 0 Å². The molecule has 5 heteroatoms. The van der Waals surface area contributed by atoms with E-state index in [1.165, 1.54) is 0 Å². The van der Waals surface area contributed by atoms with Gasteiger partial charge in [-0.05, 0) is 23.9 Å². The number of rotatable bonds is 6. The Balaban J connectivity index is 2.70. The van der Waals surface area contributed by atoms with Gasteiger partial charge in [0.25, 0.3) is 0 Å². The standard InChI is InChI=1S/C13H17N3OS/c1-15-12(9-18-2)11-5-3-10(4-6-11)8-16-13(17)7-14/h3-6,9H,1,7-8,14H2,2H3,(H,16,17)/b12-9-. The van der Waals surface area contributed by atoms with Crippen molar-refractivity contribution in [2.75, 3.05) is 12.8 Å². The van der Waals surface area contributed by atoms with Gasteiger partial charge in [-0.15, -0.1) is 11.8 Å². The molecular weight excluding hydrogens is 246 g/mol. The van der Waals surface area contributed by atoms with E-state index in [2.05, 4.69) is 17.0 Å². The fourth-order valence-corrected chi connectivity index (χ4v) is 1.81. The zero-order chi connectivity index (χ0) is 13.4. The third-order valence-electron chi connectivity index (χ3n) is 2.32. The van der Waals surface area contributed by atoms with E-state index in [1.807, 2.05) is 35.9 Å². The molecule has 1 amide bonds. The number of hydrogen-bond acceptors (Lipinski definition) is 4. The van der Waals surface area contributed by atoms with Crippen molar-refractivity contribution in [2.45, 2.75) is 6.54 Å². The molecule has 4 nitrogen and oxygen atoms in total. The molecule has 0 radical (unpaired) electrons. The monoisotopic (exact) mass is 263 g/mol. The van der Waals surface area contributed by atoms with Crippen LogP contribution in [0.25, 0.3) is 5.70 Å². The average molecular weight is 263 g/mol. The van der Waals surface area contributed by atoms with E-state index < -0.39 is 0 Å². The fourth-order valence-electron chi connectivity index (χ4n) is 1.37. The lowest BCUT2D eigenvalue weighted by Gasteiger charge is -2.05. The smallest absolute Gasteiger partial charge is 0.234 e. The van der Waals surface area contributed by atoms with Crippen molar-refractivity contribution in [3.05, 3.63) is 40.8 Å². The molecule has 1 rings (SSSR count). The van der Waals surface area contributed by atoms with Crippen molar-refractivity contribution in [1.29, 1.82) is 0 Å². The Labute approximate surface area is 111 Å². The van der Waals surface area contributed by atoms with Gasteiger partial charge in [-0.2, -0.15) is 0 Å². The van der Waals surface area contributed by atoms with Gasteiger partial charge in [0.15, 0.2) is 0 Å². The Kier molecular flexibility index (Phi) is 6.18. The summed E-state index contributed by atoms with van der Waals surface area (Å²) in [6.45, 7) is 4.05. The molecule has 0 aliphatic heterocycles. The first-order valence-corrected chi connectivity index (χ1v) is 6.75. The first-order chi connectivity index (χ1) is 8.71. The molecule has 0 bridgehead atoms. The molecule has 0 spiro atoms. The summed E-state index contributed by atoms with van der Waals surface area (Å²) in [4.78, 5) is 15.0. The first kappa shape index (κ1) is 14.5. The first-order valence-electron chi connectivity index (χ1n) is 5.47. The lowest BCUT2D eigenvalue weighted by molar-refractivity contribution is -0.119. The average Bonchev–Trinajstić information content (AvgIpc) is 2.42. The Morgan fingerprint density at radius 2 is 2.17 bits per heavy atom. The summed E-state index contributed by atoms with van der Waals surface area (Å²) >= 11 is 1.58. The number of aliphatic imine (C=N–C) groups is 1. The third-order valence-corrected chi connectivity index (χ3v) is 2.78. The van der Waals surface area contributed by atoms with Crippen molar-refractivity contribution < 1.29 is 4.79 Å². The molecule has 0 saturated carbocycles. The minimum Gasteiger partial charge on any atom is -0.351 e. The van der Waals surface area contributed by atoms with E-state index in [4.69, 9.17) is 5.73 Å². The molecule has 1 aromatic carbocycles. The number of nitrogens with two attached hydrogens (primary N) is 1. The fraction of sp³-hybridized carbons (Fsp3) is 0.231. The number of hydrogen-bond donors (Lipinski definition) is 2.